The molecule has 2 aromatic heterocycles. The number of nitrogens with zero attached hydrogens (tertiary/aromatic N) is 3. The minimum absolute atomic E-state index is 0.132. The quantitative estimate of drug-likeness (QED) is 0.826. The average molecular weight is 248 g/mol. The Morgan fingerprint density at radius 2 is 2.28 bits per heavy atom. The molecule has 0 spiro atoms. The van der Waals surface area contributed by atoms with Crippen molar-refractivity contribution < 1.29 is 9.63 Å². The van der Waals surface area contributed by atoms with E-state index in [0.717, 1.165) is 5.56 Å². The molecule has 0 fully saturated rings. The van der Waals surface area contributed by atoms with Crippen LogP contribution in [0.4, 0.5) is 0 Å². The summed E-state index contributed by atoms with van der Waals surface area (Å²) in [4.78, 5) is 8.37. The first kappa shape index (κ1) is 12.7. The van der Waals surface area contributed by atoms with Crippen molar-refractivity contribution in [1.82, 2.24) is 15.1 Å². The minimum atomic E-state index is -1.04. The van der Waals surface area contributed by atoms with Crippen molar-refractivity contribution in [1.29, 1.82) is 0 Å². The van der Waals surface area contributed by atoms with E-state index >= 15 is 0 Å². The Kier molecular flexibility index (Phi) is 3.40. The molecule has 0 aliphatic carbocycles. The van der Waals surface area contributed by atoms with Gasteiger partial charge in [0.25, 0.3) is 0 Å². The summed E-state index contributed by atoms with van der Waals surface area (Å²) < 4.78 is 5.08. The van der Waals surface area contributed by atoms with Crippen LogP contribution in [0.3, 0.4) is 0 Å². The van der Waals surface area contributed by atoms with Crippen LogP contribution in [0.2, 0.25) is 0 Å². The molecule has 0 saturated heterocycles. The fourth-order valence-corrected chi connectivity index (χ4v) is 1.49. The van der Waals surface area contributed by atoms with Crippen molar-refractivity contribution in [2.75, 3.05) is 6.54 Å². The SMILES string of the molecule is Cc1ccnc(-c2noc(CC(C)(O)CN)n2)c1. The van der Waals surface area contributed by atoms with Crippen LogP contribution in [-0.2, 0) is 6.42 Å². The lowest BCUT2D eigenvalue weighted by atomic mass is 10.0. The summed E-state index contributed by atoms with van der Waals surface area (Å²) in [7, 11) is 0. The molecular formula is C12H16N4O2. The molecule has 1 atom stereocenters. The molecule has 2 aromatic rings. The van der Waals surface area contributed by atoms with Crippen molar-refractivity contribution in [3.8, 4) is 11.5 Å². The molecule has 0 aliphatic rings. The first-order chi connectivity index (χ1) is 8.50. The zero-order chi connectivity index (χ0) is 13.2. The molecule has 0 aliphatic heterocycles. The molecule has 6 heteroatoms. The molecule has 0 radical (unpaired) electrons. The monoisotopic (exact) mass is 248 g/mol. The number of nitrogens with two attached hydrogens (primary N) is 1. The number of pyridine rings is 1. The summed E-state index contributed by atoms with van der Waals surface area (Å²) in [5, 5.41) is 13.7. The Labute approximate surface area is 105 Å². The highest BCUT2D eigenvalue weighted by Gasteiger charge is 2.23. The van der Waals surface area contributed by atoms with Crippen LogP contribution in [0.15, 0.2) is 22.9 Å². The van der Waals surface area contributed by atoms with Crippen molar-refractivity contribution in [2.24, 2.45) is 5.73 Å². The maximum absolute atomic E-state index is 9.83. The van der Waals surface area contributed by atoms with Crippen molar-refractivity contribution in [3.63, 3.8) is 0 Å². The zero-order valence-corrected chi connectivity index (χ0v) is 10.4. The first-order valence-corrected chi connectivity index (χ1v) is 5.68. The van der Waals surface area contributed by atoms with Crippen molar-refractivity contribution in [3.05, 3.63) is 29.8 Å². The van der Waals surface area contributed by atoms with E-state index in [1.165, 1.54) is 0 Å². The van der Waals surface area contributed by atoms with Gasteiger partial charge in [-0.2, -0.15) is 4.98 Å². The lowest BCUT2D eigenvalue weighted by Gasteiger charge is -2.17. The van der Waals surface area contributed by atoms with Gasteiger partial charge in [-0.1, -0.05) is 5.16 Å². The minimum Gasteiger partial charge on any atom is -0.388 e. The summed E-state index contributed by atoms with van der Waals surface area (Å²) in [6.45, 7) is 3.72. The molecule has 0 amide bonds. The second-order valence-electron chi connectivity index (χ2n) is 4.61. The molecule has 96 valence electrons. The standard InChI is InChI=1S/C12H16N4O2/c1-8-3-4-14-9(5-8)11-15-10(18-16-11)6-12(2,17)7-13/h3-5,17H,6-7,13H2,1-2H3. The molecular weight excluding hydrogens is 232 g/mol. The third kappa shape index (κ3) is 2.91. The van der Waals surface area contributed by atoms with E-state index in [-0.39, 0.29) is 13.0 Å². The van der Waals surface area contributed by atoms with Gasteiger partial charge in [0.15, 0.2) is 0 Å². The van der Waals surface area contributed by atoms with E-state index in [1.807, 2.05) is 19.1 Å². The van der Waals surface area contributed by atoms with E-state index < -0.39 is 5.60 Å². The normalized spacial score (nSPS) is 14.4. The highest BCUT2D eigenvalue weighted by atomic mass is 16.5. The number of hydrogen-bond donors (Lipinski definition) is 2. The van der Waals surface area contributed by atoms with Crippen LogP contribution in [0.5, 0.6) is 0 Å². The van der Waals surface area contributed by atoms with Gasteiger partial charge in [-0.15, -0.1) is 0 Å². The Hall–Kier alpha value is -1.79. The predicted octanol–water partition coefficient (Wildman–Crippen LogP) is 0.692. The number of rotatable bonds is 4. The third-order valence-electron chi connectivity index (χ3n) is 2.58. The van der Waals surface area contributed by atoms with Crippen LogP contribution in [0.25, 0.3) is 11.5 Å². The van der Waals surface area contributed by atoms with Gasteiger partial charge in [-0.25, -0.2) is 0 Å². The number of aryl methyl sites for hydroxylation is 1. The van der Waals surface area contributed by atoms with Gasteiger partial charge in [0.05, 0.1) is 12.0 Å². The van der Waals surface area contributed by atoms with E-state index in [2.05, 4.69) is 15.1 Å². The highest BCUT2D eigenvalue weighted by molar-refractivity contribution is 5.48. The van der Waals surface area contributed by atoms with Gasteiger partial charge >= 0.3 is 0 Å². The Morgan fingerprint density at radius 3 is 2.94 bits per heavy atom. The molecule has 18 heavy (non-hydrogen) atoms. The molecule has 0 aromatic carbocycles. The highest BCUT2D eigenvalue weighted by Crippen LogP contribution is 2.16. The molecule has 2 rings (SSSR count). The second kappa shape index (κ2) is 4.83. The smallest absolute Gasteiger partial charge is 0.229 e. The summed E-state index contributed by atoms with van der Waals surface area (Å²) in [6, 6.07) is 3.76. The van der Waals surface area contributed by atoms with Crippen LogP contribution >= 0.6 is 0 Å². The molecule has 1 unspecified atom stereocenters. The summed E-state index contributed by atoms with van der Waals surface area (Å²) in [5.74, 6) is 0.769. The van der Waals surface area contributed by atoms with E-state index in [4.69, 9.17) is 10.3 Å². The Morgan fingerprint density at radius 1 is 1.50 bits per heavy atom. The van der Waals surface area contributed by atoms with Gasteiger partial charge < -0.3 is 15.4 Å². The molecule has 2 heterocycles. The second-order valence-corrected chi connectivity index (χ2v) is 4.61. The average Bonchev–Trinajstić information content (AvgIpc) is 2.77. The summed E-state index contributed by atoms with van der Waals surface area (Å²) >= 11 is 0. The van der Waals surface area contributed by atoms with E-state index in [9.17, 15) is 5.11 Å². The fraction of sp³-hybridized carbons (Fsp3) is 0.417. The maximum Gasteiger partial charge on any atom is 0.229 e. The van der Waals surface area contributed by atoms with Crippen LogP contribution in [0, 0.1) is 6.92 Å². The number of aliphatic hydroxyl groups is 1. The van der Waals surface area contributed by atoms with Gasteiger partial charge in [0.1, 0.15) is 5.69 Å². The van der Waals surface area contributed by atoms with Gasteiger partial charge in [0, 0.05) is 12.7 Å². The number of hydrogen-bond acceptors (Lipinski definition) is 6. The molecule has 0 bridgehead atoms. The van der Waals surface area contributed by atoms with Gasteiger partial charge in [-0.05, 0) is 31.5 Å². The van der Waals surface area contributed by atoms with Crippen LogP contribution < -0.4 is 5.73 Å². The summed E-state index contributed by atoms with van der Waals surface area (Å²) in [5.41, 5.74) is 6.12. The molecule has 6 nitrogen and oxygen atoms in total. The van der Waals surface area contributed by atoms with E-state index in [1.54, 1.807) is 13.1 Å². The fourth-order valence-electron chi connectivity index (χ4n) is 1.49. The van der Waals surface area contributed by atoms with Crippen LogP contribution in [0.1, 0.15) is 18.4 Å². The molecule has 3 N–H and O–H groups in total. The van der Waals surface area contributed by atoms with Crippen LogP contribution in [-0.4, -0.2) is 32.4 Å². The third-order valence-corrected chi connectivity index (χ3v) is 2.58. The van der Waals surface area contributed by atoms with Gasteiger partial charge in [-0.3, -0.25) is 4.98 Å². The molecule has 0 saturated carbocycles. The first-order valence-electron chi connectivity index (χ1n) is 5.68. The van der Waals surface area contributed by atoms with Gasteiger partial charge in [0.2, 0.25) is 11.7 Å². The van der Waals surface area contributed by atoms with Crippen molar-refractivity contribution >= 4 is 0 Å². The van der Waals surface area contributed by atoms with Crippen molar-refractivity contribution in [2.45, 2.75) is 25.9 Å². The lowest BCUT2D eigenvalue weighted by Crippen LogP contribution is -2.36. The Bertz CT molecular complexity index is 536. The zero-order valence-electron chi connectivity index (χ0n) is 10.4. The largest absolute Gasteiger partial charge is 0.388 e. The number of aromatic nitrogens is 3. The maximum atomic E-state index is 9.83. The van der Waals surface area contributed by atoms with E-state index in [0.29, 0.717) is 17.4 Å². The predicted molar refractivity (Wildman–Crippen MR) is 65.6 cm³/mol. The lowest BCUT2D eigenvalue weighted by molar-refractivity contribution is 0.0610. The topological polar surface area (TPSA) is 98.1 Å². The summed E-state index contributed by atoms with van der Waals surface area (Å²) in [6.07, 6.45) is 1.92. The Balaban J connectivity index is 2.21.